The van der Waals surface area contributed by atoms with Gasteiger partial charge in [-0.05, 0) is 31.9 Å². The summed E-state index contributed by atoms with van der Waals surface area (Å²) in [5, 5.41) is 23.9. The van der Waals surface area contributed by atoms with Gasteiger partial charge in [0.2, 0.25) is 5.91 Å². The number of carbonyl (C=O) groups is 4. The summed E-state index contributed by atoms with van der Waals surface area (Å²) in [5.74, 6) is -0.917. The second kappa shape index (κ2) is 16.4. The number of hydrogen-bond donors (Lipinski definition) is 5. The number of rotatable bonds is 14. The molecule has 5 aromatic rings. The number of β-lactam (4-membered cyclic amide) rings is 1. The van der Waals surface area contributed by atoms with Crippen LogP contribution in [0.4, 0.5) is 9.93 Å². The van der Waals surface area contributed by atoms with Crippen LogP contribution >= 0.6 is 11.3 Å². The molecule has 4 heterocycles. The van der Waals surface area contributed by atoms with E-state index in [1.165, 1.54) is 17.6 Å². The fraction of sp³-hybridized carbons (Fsp3) is 0.243. The SMILES string of the molecule is CC(C)(C)OC(=O)Nc1nc(C(=N)C(=O)NC2C(=O)NC2CNC(=O)c2cc(-c3cc(OCc4ccccc4)c(OCc4ccccc4)cn3)on2)cs1. The summed E-state index contributed by atoms with van der Waals surface area (Å²) in [6.07, 6.45) is 0.786. The Morgan fingerprint density at radius 3 is 2.26 bits per heavy atom. The third-order valence-electron chi connectivity index (χ3n) is 7.68. The van der Waals surface area contributed by atoms with Crippen LogP contribution in [0.2, 0.25) is 0 Å². The molecule has 0 spiro atoms. The zero-order valence-electron chi connectivity index (χ0n) is 29.4. The second-order valence-corrected chi connectivity index (χ2v) is 13.8. The molecule has 278 valence electrons. The van der Waals surface area contributed by atoms with E-state index in [1.807, 2.05) is 60.7 Å². The molecule has 2 unspecified atom stereocenters. The highest BCUT2D eigenvalue weighted by molar-refractivity contribution is 7.14. The maximum Gasteiger partial charge on any atom is 0.413 e. The van der Waals surface area contributed by atoms with Crippen LogP contribution in [-0.4, -0.2) is 68.9 Å². The fourth-order valence-electron chi connectivity index (χ4n) is 4.99. The van der Waals surface area contributed by atoms with Crippen LogP contribution < -0.4 is 30.7 Å². The summed E-state index contributed by atoms with van der Waals surface area (Å²) >= 11 is 1.00. The number of amides is 4. The van der Waals surface area contributed by atoms with E-state index in [2.05, 4.69) is 36.4 Å². The molecule has 17 heteroatoms. The van der Waals surface area contributed by atoms with Crippen LogP contribution in [0.1, 0.15) is 48.1 Å². The Morgan fingerprint density at radius 2 is 1.61 bits per heavy atom. The smallest absolute Gasteiger partial charge is 0.413 e. The Morgan fingerprint density at radius 1 is 0.944 bits per heavy atom. The van der Waals surface area contributed by atoms with Gasteiger partial charge in [0.25, 0.3) is 11.8 Å². The molecule has 5 N–H and O–H groups in total. The van der Waals surface area contributed by atoms with Gasteiger partial charge in [0.05, 0.1) is 12.2 Å². The van der Waals surface area contributed by atoms with Gasteiger partial charge in [-0.25, -0.2) is 14.8 Å². The second-order valence-electron chi connectivity index (χ2n) is 13.0. The highest BCUT2D eigenvalue weighted by atomic mass is 32.1. The number of thiazole rings is 1. The lowest BCUT2D eigenvalue weighted by atomic mass is 9.98. The van der Waals surface area contributed by atoms with E-state index in [-0.39, 0.29) is 35.4 Å². The quantitative estimate of drug-likeness (QED) is 0.0787. The van der Waals surface area contributed by atoms with E-state index in [1.54, 1.807) is 26.8 Å². The Hall–Kier alpha value is -6.62. The number of pyridine rings is 1. The van der Waals surface area contributed by atoms with Gasteiger partial charge in [0.1, 0.15) is 42.0 Å². The first-order valence-corrected chi connectivity index (χ1v) is 17.5. The number of nitrogens with zero attached hydrogens (tertiary/aromatic N) is 3. The highest BCUT2D eigenvalue weighted by Crippen LogP contribution is 2.32. The lowest BCUT2D eigenvalue weighted by molar-refractivity contribution is -0.134. The molecule has 16 nitrogen and oxygen atoms in total. The first-order chi connectivity index (χ1) is 25.9. The van der Waals surface area contributed by atoms with Gasteiger partial charge >= 0.3 is 6.09 Å². The van der Waals surface area contributed by atoms with Crippen molar-refractivity contribution in [1.29, 1.82) is 5.41 Å². The molecule has 0 radical (unpaired) electrons. The van der Waals surface area contributed by atoms with Crippen LogP contribution in [0.3, 0.4) is 0 Å². The summed E-state index contributed by atoms with van der Waals surface area (Å²) in [6, 6.07) is 20.7. The molecule has 1 aliphatic heterocycles. The molecule has 3 aromatic heterocycles. The molecule has 1 saturated heterocycles. The van der Waals surface area contributed by atoms with Crippen molar-refractivity contribution in [2.45, 2.75) is 51.7 Å². The predicted molar refractivity (Wildman–Crippen MR) is 196 cm³/mol. The summed E-state index contributed by atoms with van der Waals surface area (Å²) in [7, 11) is 0. The minimum Gasteiger partial charge on any atom is -0.485 e. The maximum absolute atomic E-state index is 13.0. The Kier molecular flexibility index (Phi) is 11.3. The molecule has 0 bridgehead atoms. The summed E-state index contributed by atoms with van der Waals surface area (Å²) in [6.45, 7) is 5.64. The van der Waals surface area contributed by atoms with E-state index in [9.17, 15) is 19.2 Å². The molecule has 0 aliphatic carbocycles. The van der Waals surface area contributed by atoms with Crippen molar-refractivity contribution in [2.24, 2.45) is 0 Å². The molecule has 2 aromatic carbocycles. The zero-order chi connectivity index (χ0) is 38.2. The summed E-state index contributed by atoms with van der Waals surface area (Å²) in [5.41, 5.74) is 0.982. The van der Waals surface area contributed by atoms with Crippen molar-refractivity contribution >= 4 is 46.0 Å². The fourth-order valence-corrected chi connectivity index (χ4v) is 5.68. The monoisotopic (exact) mass is 752 g/mol. The van der Waals surface area contributed by atoms with Crippen molar-refractivity contribution in [3.05, 3.63) is 107 Å². The van der Waals surface area contributed by atoms with E-state index < -0.39 is 47.2 Å². The van der Waals surface area contributed by atoms with Crippen LogP contribution in [0.5, 0.6) is 11.5 Å². The van der Waals surface area contributed by atoms with Crippen LogP contribution in [0.25, 0.3) is 11.5 Å². The van der Waals surface area contributed by atoms with Crippen molar-refractivity contribution in [3.63, 3.8) is 0 Å². The molecule has 2 atom stereocenters. The van der Waals surface area contributed by atoms with Crippen molar-refractivity contribution < 1.29 is 37.9 Å². The standard InChI is InChI=1S/C37H36N8O8S/c1-37(2,3)52-36(49)44-35-42-26(20-54-35)30(38)33(47)43-31-25(41-34(31)48)16-40-32(46)24-15-27(53-45-24)23-14-28(50-18-21-10-6-4-7-11-21)29(17-39-23)51-19-22-12-8-5-9-13-22/h4-15,17,20,25,31,38H,16,18-19H2,1-3H3,(H,40,46)(H,41,48)(H,43,47)(H,42,44,49). The van der Waals surface area contributed by atoms with E-state index in [0.717, 1.165) is 22.5 Å². The van der Waals surface area contributed by atoms with Gasteiger partial charge in [-0.3, -0.25) is 25.1 Å². The molecule has 54 heavy (non-hydrogen) atoms. The number of hydrogen-bond acceptors (Lipinski definition) is 13. The summed E-state index contributed by atoms with van der Waals surface area (Å²) < 4.78 is 22.8. The van der Waals surface area contributed by atoms with Gasteiger partial charge < -0.3 is 34.7 Å². The average Bonchev–Trinajstić information content (AvgIpc) is 3.84. The molecular formula is C37H36N8O8S. The molecular weight excluding hydrogens is 717 g/mol. The van der Waals surface area contributed by atoms with Gasteiger partial charge in [0, 0.05) is 24.1 Å². The average molecular weight is 753 g/mol. The molecule has 6 rings (SSSR count). The minimum atomic E-state index is -1.02. The molecule has 1 aliphatic rings. The van der Waals surface area contributed by atoms with Crippen molar-refractivity contribution in [3.8, 4) is 23.0 Å². The Balaban J connectivity index is 1.04. The van der Waals surface area contributed by atoms with Crippen LogP contribution in [-0.2, 0) is 27.5 Å². The van der Waals surface area contributed by atoms with Crippen LogP contribution in [0, 0.1) is 5.41 Å². The predicted octanol–water partition coefficient (Wildman–Crippen LogP) is 4.48. The molecule has 1 fully saturated rings. The maximum atomic E-state index is 13.0. The number of nitrogens with one attached hydrogen (secondary N) is 5. The van der Waals surface area contributed by atoms with Gasteiger partial charge in [-0.15, -0.1) is 11.3 Å². The number of anilines is 1. The topological polar surface area (TPSA) is 220 Å². The number of aromatic nitrogens is 3. The van der Waals surface area contributed by atoms with E-state index >= 15 is 0 Å². The Labute approximate surface area is 313 Å². The zero-order valence-corrected chi connectivity index (χ0v) is 30.2. The number of ether oxygens (including phenoxy) is 3. The first kappa shape index (κ1) is 37.1. The lowest BCUT2D eigenvalue weighted by Gasteiger charge is -2.37. The first-order valence-electron chi connectivity index (χ1n) is 16.7. The van der Waals surface area contributed by atoms with Gasteiger partial charge in [0.15, 0.2) is 28.1 Å². The normalized spacial score (nSPS) is 14.9. The largest absolute Gasteiger partial charge is 0.485 e. The third kappa shape index (κ3) is 9.62. The van der Waals surface area contributed by atoms with Gasteiger partial charge in [-0.1, -0.05) is 65.8 Å². The summed E-state index contributed by atoms with van der Waals surface area (Å²) in [4.78, 5) is 58.7. The van der Waals surface area contributed by atoms with Crippen LogP contribution in [0.15, 0.2) is 88.9 Å². The van der Waals surface area contributed by atoms with Gasteiger partial charge in [-0.2, -0.15) is 0 Å². The van der Waals surface area contributed by atoms with E-state index in [0.29, 0.717) is 23.8 Å². The lowest BCUT2D eigenvalue weighted by Crippen LogP contribution is -2.72. The minimum absolute atomic E-state index is 0.00584. The Bertz CT molecular complexity index is 2150. The number of carbonyl (C=O) groups excluding carboxylic acids is 4. The van der Waals surface area contributed by atoms with Crippen molar-refractivity contribution in [2.75, 3.05) is 11.9 Å². The molecule has 4 amide bonds. The molecule has 0 saturated carbocycles. The van der Waals surface area contributed by atoms with Crippen molar-refractivity contribution in [1.82, 2.24) is 31.1 Å². The third-order valence-corrected chi connectivity index (χ3v) is 8.44. The highest BCUT2D eigenvalue weighted by Gasteiger charge is 2.41. The number of benzene rings is 2. The van der Waals surface area contributed by atoms with E-state index in [4.69, 9.17) is 24.1 Å².